The first-order valence-electron chi connectivity index (χ1n) is 5.04. The van der Waals surface area contributed by atoms with E-state index in [0.717, 1.165) is 12.1 Å². The summed E-state index contributed by atoms with van der Waals surface area (Å²) in [5.41, 5.74) is -0.831. The molecule has 0 radical (unpaired) electrons. The Hall–Kier alpha value is -1.43. The van der Waals surface area contributed by atoms with Gasteiger partial charge in [0.05, 0.1) is 11.4 Å². The van der Waals surface area contributed by atoms with Gasteiger partial charge in [0, 0.05) is 5.69 Å². The first kappa shape index (κ1) is 14.6. The quantitative estimate of drug-likeness (QED) is 0.854. The lowest BCUT2D eigenvalue weighted by Crippen LogP contribution is -2.21. The number of carbonyl (C=O) groups is 1. The van der Waals surface area contributed by atoms with Crippen molar-refractivity contribution in [3.8, 4) is 0 Å². The van der Waals surface area contributed by atoms with Gasteiger partial charge in [-0.2, -0.15) is 13.2 Å². The van der Waals surface area contributed by atoms with Crippen molar-refractivity contribution >= 4 is 23.4 Å². The average molecular weight is 282 g/mol. The first-order chi connectivity index (χ1) is 8.32. The molecule has 0 aliphatic carbocycles. The molecule has 0 saturated heterocycles. The van der Waals surface area contributed by atoms with Crippen LogP contribution in [0.3, 0.4) is 0 Å². The van der Waals surface area contributed by atoms with Crippen LogP contribution >= 0.6 is 11.6 Å². The number of amides is 1. The van der Waals surface area contributed by atoms with Gasteiger partial charge in [-0.3, -0.25) is 5.32 Å². The molecule has 3 nitrogen and oxygen atoms in total. The molecule has 1 aromatic rings. The van der Waals surface area contributed by atoms with Crippen molar-refractivity contribution in [2.45, 2.75) is 19.2 Å². The van der Waals surface area contributed by atoms with Crippen molar-refractivity contribution in [2.75, 3.05) is 11.2 Å². The third kappa shape index (κ3) is 4.44. The molecule has 0 spiro atoms. The highest BCUT2D eigenvalue weighted by Gasteiger charge is 2.30. The topological polar surface area (TPSA) is 38.3 Å². The van der Waals surface area contributed by atoms with Gasteiger partial charge in [0.15, 0.2) is 0 Å². The second-order valence-corrected chi connectivity index (χ2v) is 3.88. The van der Waals surface area contributed by atoms with Crippen LogP contribution in [0.25, 0.3) is 0 Å². The maximum Gasteiger partial charge on any atom is 0.416 e. The minimum atomic E-state index is -4.45. The van der Waals surface area contributed by atoms with Gasteiger partial charge in [-0.15, -0.1) is 11.6 Å². The zero-order valence-corrected chi connectivity index (χ0v) is 10.2. The van der Waals surface area contributed by atoms with E-state index in [1.807, 2.05) is 0 Å². The fourth-order valence-electron chi connectivity index (χ4n) is 1.13. The van der Waals surface area contributed by atoms with Crippen LogP contribution in [0.1, 0.15) is 12.5 Å². The number of rotatable bonds is 3. The van der Waals surface area contributed by atoms with E-state index in [1.54, 1.807) is 6.92 Å². The molecule has 0 fully saturated rings. The maximum atomic E-state index is 12.4. The molecular formula is C11H11ClF3NO2. The predicted octanol–water partition coefficient (Wildman–Crippen LogP) is 3.88. The Balaban J connectivity index is 2.71. The van der Waals surface area contributed by atoms with E-state index >= 15 is 0 Å². The standard InChI is InChI=1S/C11H11ClF3NO2/c1-7(6-12)18-10(17)16-9-4-2-3-8(5-9)11(13,14)15/h2-5,7H,6H2,1H3,(H,16,17)/t7-/m1/s1. The molecule has 18 heavy (non-hydrogen) atoms. The molecule has 0 aromatic heterocycles. The molecule has 0 bridgehead atoms. The average Bonchev–Trinajstić information content (AvgIpc) is 2.27. The SMILES string of the molecule is C[C@H](CCl)OC(=O)Nc1cccc(C(F)(F)F)c1. The fraction of sp³-hybridized carbons (Fsp3) is 0.364. The van der Waals surface area contributed by atoms with Gasteiger partial charge in [-0.1, -0.05) is 6.07 Å². The number of halogens is 4. The molecule has 0 saturated carbocycles. The summed E-state index contributed by atoms with van der Waals surface area (Å²) in [6.45, 7) is 1.57. The monoisotopic (exact) mass is 281 g/mol. The number of ether oxygens (including phenoxy) is 1. The van der Waals surface area contributed by atoms with E-state index in [1.165, 1.54) is 12.1 Å². The maximum absolute atomic E-state index is 12.4. The van der Waals surface area contributed by atoms with E-state index in [0.29, 0.717) is 0 Å². The molecular weight excluding hydrogens is 271 g/mol. The van der Waals surface area contributed by atoms with Gasteiger partial charge in [-0.05, 0) is 25.1 Å². The number of benzene rings is 1. The normalized spacial score (nSPS) is 12.9. The molecule has 1 N–H and O–H groups in total. The van der Waals surface area contributed by atoms with Crippen molar-refractivity contribution in [3.63, 3.8) is 0 Å². The number of carbonyl (C=O) groups excluding carboxylic acids is 1. The van der Waals surface area contributed by atoms with Gasteiger partial charge in [0.1, 0.15) is 6.10 Å². The number of anilines is 1. The second-order valence-electron chi connectivity index (χ2n) is 3.57. The van der Waals surface area contributed by atoms with Crippen LogP contribution < -0.4 is 5.32 Å². The largest absolute Gasteiger partial charge is 0.445 e. The Morgan fingerprint density at radius 2 is 2.17 bits per heavy atom. The first-order valence-corrected chi connectivity index (χ1v) is 5.57. The van der Waals surface area contributed by atoms with Crippen LogP contribution in [-0.4, -0.2) is 18.1 Å². The smallest absolute Gasteiger partial charge is 0.416 e. The summed E-state index contributed by atoms with van der Waals surface area (Å²) in [4.78, 5) is 11.3. The zero-order valence-electron chi connectivity index (χ0n) is 9.42. The van der Waals surface area contributed by atoms with Crippen LogP contribution in [-0.2, 0) is 10.9 Å². The minimum Gasteiger partial charge on any atom is -0.445 e. The third-order valence-electron chi connectivity index (χ3n) is 1.96. The lowest BCUT2D eigenvalue weighted by Gasteiger charge is -2.12. The van der Waals surface area contributed by atoms with Crippen molar-refractivity contribution < 1.29 is 22.7 Å². The van der Waals surface area contributed by atoms with Crippen molar-refractivity contribution in [3.05, 3.63) is 29.8 Å². The molecule has 1 rings (SSSR count). The molecule has 7 heteroatoms. The van der Waals surface area contributed by atoms with Crippen LogP contribution in [0.15, 0.2) is 24.3 Å². The van der Waals surface area contributed by atoms with Crippen molar-refractivity contribution in [2.24, 2.45) is 0 Å². The van der Waals surface area contributed by atoms with Crippen LogP contribution in [0, 0.1) is 0 Å². The zero-order chi connectivity index (χ0) is 13.8. The Morgan fingerprint density at radius 3 is 2.72 bits per heavy atom. The number of hydrogen-bond donors (Lipinski definition) is 1. The van der Waals surface area contributed by atoms with E-state index in [2.05, 4.69) is 5.32 Å². The van der Waals surface area contributed by atoms with Crippen LogP contribution in [0.2, 0.25) is 0 Å². The number of hydrogen-bond acceptors (Lipinski definition) is 2. The highest BCUT2D eigenvalue weighted by molar-refractivity contribution is 6.18. The predicted molar refractivity (Wildman–Crippen MR) is 61.7 cm³/mol. The summed E-state index contributed by atoms with van der Waals surface area (Å²) in [5, 5.41) is 2.20. The van der Waals surface area contributed by atoms with E-state index < -0.39 is 23.9 Å². The van der Waals surface area contributed by atoms with Crippen molar-refractivity contribution in [1.29, 1.82) is 0 Å². The molecule has 0 heterocycles. The second kappa shape index (κ2) is 5.95. The number of nitrogens with one attached hydrogen (secondary N) is 1. The van der Waals surface area contributed by atoms with Gasteiger partial charge in [0.2, 0.25) is 0 Å². The van der Waals surface area contributed by atoms with Gasteiger partial charge in [0.25, 0.3) is 0 Å². The summed E-state index contributed by atoms with van der Waals surface area (Å²) in [5.74, 6) is 0.107. The van der Waals surface area contributed by atoms with Crippen LogP contribution in [0.4, 0.5) is 23.7 Å². The van der Waals surface area contributed by atoms with Gasteiger partial charge in [-0.25, -0.2) is 4.79 Å². The summed E-state index contributed by atoms with van der Waals surface area (Å²) in [7, 11) is 0. The molecule has 100 valence electrons. The summed E-state index contributed by atoms with van der Waals surface area (Å²) in [6, 6.07) is 4.27. The molecule has 0 aliphatic heterocycles. The number of alkyl halides is 4. The third-order valence-corrected chi connectivity index (χ3v) is 2.40. The summed E-state index contributed by atoms with van der Waals surface area (Å²) < 4.78 is 42.0. The Bertz CT molecular complexity index is 423. The van der Waals surface area contributed by atoms with Crippen molar-refractivity contribution in [1.82, 2.24) is 0 Å². The molecule has 1 atom stereocenters. The molecule has 1 aromatic carbocycles. The van der Waals surface area contributed by atoms with E-state index in [9.17, 15) is 18.0 Å². The lowest BCUT2D eigenvalue weighted by atomic mass is 10.2. The van der Waals surface area contributed by atoms with E-state index in [4.69, 9.17) is 16.3 Å². The fourth-order valence-corrected chi connectivity index (χ4v) is 1.20. The highest BCUT2D eigenvalue weighted by atomic mass is 35.5. The van der Waals surface area contributed by atoms with Gasteiger partial charge < -0.3 is 4.74 Å². The van der Waals surface area contributed by atoms with E-state index in [-0.39, 0.29) is 11.6 Å². The Labute approximate surface area is 107 Å². The molecule has 0 aliphatic rings. The lowest BCUT2D eigenvalue weighted by molar-refractivity contribution is -0.137. The Morgan fingerprint density at radius 1 is 1.50 bits per heavy atom. The van der Waals surface area contributed by atoms with Gasteiger partial charge >= 0.3 is 12.3 Å². The summed E-state index contributed by atoms with van der Waals surface area (Å²) in [6.07, 6.45) is -5.81. The molecule has 0 unspecified atom stereocenters. The van der Waals surface area contributed by atoms with Crippen LogP contribution in [0.5, 0.6) is 0 Å². The highest BCUT2D eigenvalue weighted by Crippen LogP contribution is 2.30. The Kier molecular flexibility index (Phi) is 4.84. The summed E-state index contributed by atoms with van der Waals surface area (Å²) >= 11 is 5.43. The molecule has 1 amide bonds. The minimum absolute atomic E-state index is 0.0107.